The van der Waals surface area contributed by atoms with E-state index in [1.807, 2.05) is 27.7 Å². The normalized spacial score (nSPS) is 1.20. The van der Waals surface area contributed by atoms with Gasteiger partial charge in [0.05, 0.1) is 5.34 Å². The van der Waals surface area contributed by atoms with E-state index in [2.05, 4.69) is 0 Å². The first kappa shape index (κ1) is 797. The number of hydrogen-bond donors (Lipinski definition) is 0. The van der Waals surface area contributed by atoms with E-state index in [4.69, 9.17) is 23.2 Å². The maximum atomic E-state index is 4.76. The molecule has 0 rings (SSSR count). The molecule has 0 aromatic rings. The highest BCUT2D eigenvalue weighted by Crippen LogP contribution is 1.73. The molecule has 6 nitrogen and oxygen atoms in total. The Bertz CT molecular complexity index is 29.1. The SMILES string of the molecule is C.C.C.C.C.C.C.C.C.C.C.C.CC.CC.ClCCl.O.O.O.O.O.O. The molecule has 192 valence electrons. The minimum absolute atomic E-state index is 0. The molecule has 0 bridgehead atoms. The Morgan fingerprint density at radius 2 is 0.320 bits per heavy atom. The Morgan fingerprint density at radius 1 is 0.320 bits per heavy atom. The second-order valence-electron chi connectivity index (χ2n) is 0.101. The largest absolute Gasteiger partial charge is 0.412 e. The summed E-state index contributed by atoms with van der Waals surface area (Å²) in [6.45, 7) is 8.00. The molecule has 0 saturated carbocycles. The zero-order valence-electron chi connectivity index (χ0n) is 8.46. The van der Waals surface area contributed by atoms with E-state index in [0.717, 1.165) is 0 Å². The van der Waals surface area contributed by atoms with Crippen LogP contribution in [0.5, 0.6) is 0 Å². The van der Waals surface area contributed by atoms with Gasteiger partial charge in [0.2, 0.25) is 0 Å². The predicted octanol–water partition coefficient (Wildman–Crippen LogP) is 6.16. The van der Waals surface area contributed by atoms with Crippen LogP contribution in [-0.2, 0) is 0 Å². The van der Waals surface area contributed by atoms with E-state index in [9.17, 15) is 0 Å². The van der Waals surface area contributed by atoms with Crippen LogP contribution < -0.4 is 0 Å². The average Bonchev–Trinajstić information content (AvgIpc) is 1.78. The molecule has 25 heavy (non-hydrogen) atoms. The Balaban J connectivity index is -0.000000000374. The molecular weight excluding hydrogens is 371 g/mol. The maximum Gasteiger partial charge on any atom is 0.0967 e. The molecule has 0 aromatic carbocycles. The average molecular weight is 446 g/mol. The lowest BCUT2D eigenvalue weighted by atomic mass is 11.0. The third kappa shape index (κ3) is 105000. The lowest BCUT2D eigenvalue weighted by Gasteiger charge is -1.42. The lowest BCUT2D eigenvalue weighted by Crippen LogP contribution is -1.24. The fraction of sp³-hybridized carbons (Fsp3) is 1.00. The minimum Gasteiger partial charge on any atom is -0.412 e. The second-order valence-corrected chi connectivity index (χ2v) is 0.909. The van der Waals surface area contributed by atoms with Crippen LogP contribution in [0.15, 0.2) is 0 Å². The number of rotatable bonds is 0. The summed E-state index contributed by atoms with van der Waals surface area (Å²) < 4.78 is 0. The minimum atomic E-state index is 0. The highest BCUT2D eigenvalue weighted by atomic mass is 35.5. The van der Waals surface area contributed by atoms with Crippen molar-refractivity contribution in [3.63, 3.8) is 0 Å². The van der Waals surface area contributed by atoms with Gasteiger partial charge in [0.25, 0.3) is 0 Å². The van der Waals surface area contributed by atoms with Crippen molar-refractivity contribution in [2.75, 3.05) is 5.34 Å². The van der Waals surface area contributed by atoms with Crippen LogP contribution in [0.2, 0.25) is 0 Å². The summed E-state index contributed by atoms with van der Waals surface area (Å²) in [5.74, 6) is 0. The van der Waals surface area contributed by atoms with Crippen molar-refractivity contribution >= 4 is 23.2 Å². The van der Waals surface area contributed by atoms with Gasteiger partial charge in [-0.25, -0.2) is 0 Å². The van der Waals surface area contributed by atoms with Crippen LogP contribution in [0.25, 0.3) is 0 Å². The molecule has 0 atom stereocenters. The van der Waals surface area contributed by atoms with Crippen LogP contribution in [0, 0.1) is 0 Å². The van der Waals surface area contributed by atoms with E-state index in [1.165, 1.54) is 0 Å². The predicted molar refractivity (Wildman–Crippen MR) is 142 cm³/mol. The number of hydrogen-bond acceptors (Lipinski definition) is 0. The van der Waals surface area contributed by atoms with Gasteiger partial charge in [-0.3, -0.25) is 0 Å². The van der Waals surface area contributed by atoms with Crippen LogP contribution in [-0.4, -0.2) is 38.2 Å². The zero-order chi connectivity index (χ0) is 6.71. The quantitative estimate of drug-likeness (QED) is 0.386. The first-order valence-corrected chi connectivity index (χ1v) is 3.60. The first-order valence-electron chi connectivity index (χ1n) is 2.53. The highest BCUT2D eigenvalue weighted by molar-refractivity contribution is 6.40. The molecule has 0 amide bonds. The van der Waals surface area contributed by atoms with E-state index in [1.54, 1.807) is 0 Å². The highest BCUT2D eigenvalue weighted by Gasteiger charge is 1.41. The van der Waals surface area contributed by atoms with Gasteiger partial charge in [-0.2, -0.15) is 0 Å². The van der Waals surface area contributed by atoms with Crippen molar-refractivity contribution in [2.45, 2.75) is 117 Å². The molecule has 12 N–H and O–H groups in total. The lowest BCUT2D eigenvalue weighted by molar-refractivity contribution is 0.823. The molecule has 0 unspecified atom stereocenters. The maximum absolute atomic E-state index is 4.76. The Hall–Kier alpha value is 0.340. The summed E-state index contributed by atoms with van der Waals surface area (Å²) in [5, 5.41) is 0.194. The van der Waals surface area contributed by atoms with E-state index >= 15 is 0 Å². The van der Waals surface area contributed by atoms with Gasteiger partial charge in [-0.15, -0.1) is 23.2 Å². The standard InChI is InChI=1S/2C2H6.CH2Cl2.12CH4.6H2O/c2*1-2;2-1-3;;;;;;;;;;;;;;;;;;/h2*1-2H3;1H2;12*1H4;6*1H2. The monoisotopic (exact) mass is 444 g/mol. The molecule has 0 aliphatic carbocycles. The van der Waals surface area contributed by atoms with Gasteiger partial charge in [-0.1, -0.05) is 117 Å². The van der Waals surface area contributed by atoms with Crippen molar-refractivity contribution in [3.05, 3.63) is 0 Å². The van der Waals surface area contributed by atoms with Crippen LogP contribution >= 0.6 is 23.2 Å². The molecule has 0 aromatic heterocycles. The summed E-state index contributed by atoms with van der Waals surface area (Å²) in [5.41, 5.74) is 0. The molecule has 0 aliphatic rings. The van der Waals surface area contributed by atoms with E-state index in [-0.39, 0.29) is 127 Å². The molecule has 0 spiro atoms. The fourth-order valence-corrected chi connectivity index (χ4v) is 0. The van der Waals surface area contributed by atoms with Crippen molar-refractivity contribution < 1.29 is 32.9 Å². The Morgan fingerprint density at radius 3 is 0.320 bits per heavy atom. The summed E-state index contributed by atoms with van der Waals surface area (Å²) in [6, 6.07) is 0. The Labute approximate surface area is 178 Å². The molecule has 0 fully saturated rings. The van der Waals surface area contributed by atoms with Crippen LogP contribution in [0.4, 0.5) is 0 Å². The second kappa shape index (κ2) is 7380. The smallest absolute Gasteiger partial charge is 0.0967 e. The van der Waals surface area contributed by atoms with Gasteiger partial charge in [0.15, 0.2) is 0 Å². The third-order valence-electron chi connectivity index (χ3n) is 0. The molecule has 0 radical (unpaired) electrons. The van der Waals surface area contributed by atoms with Gasteiger partial charge < -0.3 is 32.9 Å². The zero-order valence-corrected chi connectivity index (χ0v) is 9.97. The topological polar surface area (TPSA) is 189 Å². The molecule has 0 heterocycles. The molecular formula is C17H74Cl2O6. The Kier molecular flexibility index (Phi) is 235000. The summed E-state index contributed by atoms with van der Waals surface area (Å²) in [7, 11) is 0. The van der Waals surface area contributed by atoms with Crippen molar-refractivity contribution in [1.82, 2.24) is 0 Å². The molecule has 0 aliphatic heterocycles. The first-order chi connectivity index (χ1) is 3.41. The van der Waals surface area contributed by atoms with Gasteiger partial charge in [0.1, 0.15) is 0 Å². The van der Waals surface area contributed by atoms with Crippen LogP contribution in [0.3, 0.4) is 0 Å². The number of alkyl halides is 2. The summed E-state index contributed by atoms with van der Waals surface area (Å²) >= 11 is 9.53. The van der Waals surface area contributed by atoms with E-state index in [0.29, 0.717) is 0 Å². The van der Waals surface area contributed by atoms with E-state index < -0.39 is 0 Å². The molecule has 0 saturated heterocycles. The van der Waals surface area contributed by atoms with Gasteiger partial charge >= 0.3 is 0 Å². The van der Waals surface area contributed by atoms with Crippen molar-refractivity contribution in [1.29, 1.82) is 0 Å². The molecule has 8 heteroatoms. The number of halogens is 2. The van der Waals surface area contributed by atoms with Crippen molar-refractivity contribution in [3.8, 4) is 0 Å². The van der Waals surface area contributed by atoms with Gasteiger partial charge in [0, 0.05) is 0 Å². The van der Waals surface area contributed by atoms with Crippen molar-refractivity contribution in [2.24, 2.45) is 0 Å². The van der Waals surface area contributed by atoms with Gasteiger partial charge in [-0.05, 0) is 0 Å². The summed E-state index contributed by atoms with van der Waals surface area (Å²) in [4.78, 5) is 0. The fourth-order valence-electron chi connectivity index (χ4n) is 0. The van der Waals surface area contributed by atoms with Crippen LogP contribution in [0.1, 0.15) is 117 Å². The summed E-state index contributed by atoms with van der Waals surface area (Å²) in [6.07, 6.45) is 0. The third-order valence-corrected chi connectivity index (χ3v) is 0.